The third kappa shape index (κ3) is 3.72. The second kappa shape index (κ2) is 6.42. The number of hydrogen-bond donors (Lipinski definition) is 0. The minimum atomic E-state index is 0.345. The molecule has 0 bridgehead atoms. The van der Waals surface area contributed by atoms with E-state index in [1.807, 2.05) is 12.1 Å². The van der Waals surface area contributed by atoms with Crippen molar-refractivity contribution in [3.63, 3.8) is 0 Å². The summed E-state index contributed by atoms with van der Waals surface area (Å²) in [5, 5.41) is 1.15. The fraction of sp³-hybridized carbons (Fsp3) is 0.0714. The van der Waals surface area contributed by atoms with Gasteiger partial charge in [-0.2, -0.15) is 0 Å². The van der Waals surface area contributed by atoms with Crippen LogP contribution in [0.1, 0.15) is 15.9 Å². The first-order valence-electron chi connectivity index (χ1n) is 5.41. The van der Waals surface area contributed by atoms with Crippen molar-refractivity contribution in [1.82, 2.24) is 0 Å². The fourth-order valence-electron chi connectivity index (χ4n) is 1.56. The van der Waals surface area contributed by atoms with Gasteiger partial charge in [-0.05, 0) is 45.8 Å². The molecule has 19 heavy (non-hydrogen) atoms. The average molecular weight is 360 g/mol. The van der Waals surface area contributed by atoms with E-state index in [-0.39, 0.29) is 0 Å². The molecule has 0 atom stereocenters. The van der Waals surface area contributed by atoms with Crippen molar-refractivity contribution in [3.8, 4) is 5.75 Å². The van der Waals surface area contributed by atoms with E-state index in [1.54, 1.807) is 24.3 Å². The molecule has 0 fully saturated rings. The Morgan fingerprint density at radius 1 is 1.11 bits per heavy atom. The molecule has 0 aliphatic carbocycles. The van der Waals surface area contributed by atoms with Crippen molar-refractivity contribution in [3.05, 3.63) is 62.0 Å². The van der Waals surface area contributed by atoms with Gasteiger partial charge in [0.25, 0.3) is 0 Å². The average Bonchev–Trinajstić information content (AvgIpc) is 2.39. The number of benzene rings is 2. The molecule has 0 spiro atoms. The van der Waals surface area contributed by atoms with E-state index in [0.717, 1.165) is 5.56 Å². The fourth-order valence-corrected chi connectivity index (χ4v) is 2.63. The summed E-state index contributed by atoms with van der Waals surface area (Å²) >= 11 is 15.0. The molecule has 0 amide bonds. The third-order valence-electron chi connectivity index (χ3n) is 2.46. The van der Waals surface area contributed by atoms with Crippen LogP contribution in [-0.2, 0) is 6.61 Å². The van der Waals surface area contributed by atoms with Crippen LogP contribution in [0.3, 0.4) is 0 Å². The lowest BCUT2D eigenvalue weighted by atomic mass is 10.2. The van der Waals surface area contributed by atoms with Crippen molar-refractivity contribution in [1.29, 1.82) is 0 Å². The van der Waals surface area contributed by atoms with Crippen LogP contribution in [0.5, 0.6) is 5.75 Å². The number of carbonyl (C=O) groups is 1. The Kier molecular flexibility index (Phi) is 4.86. The van der Waals surface area contributed by atoms with Crippen molar-refractivity contribution in [2.45, 2.75) is 6.61 Å². The van der Waals surface area contributed by atoms with Crippen LogP contribution in [0.2, 0.25) is 10.0 Å². The lowest BCUT2D eigenvalue weighted by molar-refractivity contribution is 0.111. The Morgan fingerprint density at radius 2 is 1.79 bits per heavy atom. The number of halogens is 3. The maximum Gasteiger partial charge on any atom is 0.153 e. The Hall–Kier alpha value is -1.03. The van der Waals surface area contributed by atoms with Gasteiger partial charge in [0.15, 0.2) is 6.29 Å². The molecule has 2 aromatic carbocycles. The molecule has 0 aliphatic rings. The lowest BCUT2D eigenvalue weighted by Gasteiger charge is -2.11. The van der Waals surface area contributed by atoms with Gasteiger partial charge in [-0.3, -0.25) is 4.79 Å². The Labute approximate surface area is 129 Å². The maximum absolute atomic E-state index is 11.0. The first-order chi connectivity index (χ1) is 9.10. The van der Waals surface area contributed by atoms with Crippen LogP contribution in [0.4, 0.5) is 0 Å². The Balaban J connectivity index is 2.19. The SMILES string of the molecule is O=Cc1cc(Cl)cc(Br)c1OCc1ccc(Cl)cc1. The van der Waals surface area contributed by atoms with Gasteiger partial charge in [-0.15, -0.1) is 0 Å². The van der Waals surface area contributed by atoms with Gasteiger partial charge in [0.2, 0.25) is 0 Å². The van der Waals surface area contributed by atoms with Crippen LogP contribution in [-0.4, -0.2) is 6.29 Å². The predicted octanol–water partition coefficient (Wildman–Crippen LogP) is 5.15. The first kappa shape index (κ1) is 14.4. The predicted molar refractivity (Wildman–Crippen MR) is 80.3 cm³/mol. The zero-order chi connectivity index (χ0) is 13.8. The molecule has 0 saturated heterocycles. The van der Waals surface area contributed by atoms with Crippen LogP contribution < -0.4 is 4.74 Å². The second-order valence-corrected chi connectivity index (χ2v) is 5.57. The highest BCUT2D eigenvalue weighted by Crippen LogP contribution is 2.32. The molecule has 98 valence electrons. The number of rotatable bonds is 4. The molecule has 0 unspecified atom stereocenters. The van der Waals surface area contributed by atoms with Crippen LogP contribution in [0.25, 0.3) is 0 Å². The van der Waals surface area contributed by atoms with Crippen LogP contribution in [0, 0.1) is 0 Å². The molecular formula is C14H9BrCl2O2. The largest absolute Gasteiger partial charge is 0.487 e. The molecule has 0 saturated carbocycles. The summed E-state index contributed by atoms with van der Waals surface area (Å²) < 4.78 is 6.31. The highest BCUT2D eigenvalue weighted by Gasteiger charge is 2.10. The first-order valence-corrected chi connectivity index (χ1v) is 6.96. The molecule has 0 radical (unpaired) electrons. The van der Waals surface area contributed by atoms with Gasteiger partial charge in [0, 0.05) is 10.0 Å². The zero-order valence-electron chi connectivity index (χ0n) is 9.70. The molecular weight excluding hydrogens is 351 g/mol. The summed E-state index contributed by atoms with van der Waals surface area (Å²) in [6, 6.07) is 10.6. The van der Waals surface area contributed by atoms with E-state index in [9.17, 15) is 4.79 Å². The maximum atomic E-state index is 11.0. The van der Waals surface area contributed by atoms with Gasteiger partial charge < -0.3 is 4.74 Å². The Morgan fingerprint density at radius 3 is 2.42 bits per heavy atom. The van der Waals surface area contributed by atoms with Crippen LogP contribution >= 0.6 is 39.1 Å². The second-order valence-electron chi connectivity index (χ2n) is 3.84. The number of aldehydes is 1. The van der Waals surface area contributed by atoms with E-state index in [1.165, 1.54) is 0 Å². The van der Waals surface area contributed by atoms with Crippen LogP contribution in [0.15, 0.2) is 40.9 Å². The topological polar surface area (TPSA) is 26.3 Å². The Bertz CT molecular complexity index is 597. The summed E-state index contributed by atoms with van der Waals surface area (Å²) in [4.78, 5) is 11.0. The molecule has 0 heterocycles. The highest BCUT2D eigenvalue weighted by atomic mass is 79.9. The summed E-state index contributed by atoms with van der Waals surface area (Å²) in [5.74, 6) is 0.481. The number of carbonyl (C=O) groups excluding carboxylic acids is 1. The summed E-state index contributed by atoms with van der Waals surface area (Å²) in [6.45, 7) is 0.345. The monoisotopic (exact) mass is 358 g/mol. The third-order valence-corrected chi connectivity index (χ3v) is 3.52. The minimum Gasteiger partial charge on any atom is -0.487 e. The molecule has 2 rings (SSSR count). The van der Waals surface area contributed by atoms with Gasteiger partial charge in [-0.1, -0.05) is 35.3 Å². The highest BCUT2D eigenvalue weighted by molar-refractivity contribution is 9.10. The molecule has 5 heteroatoms. The number of ether oxygens (including phenoxy) is 1. The quantitative estimate of drug-likeness (QED) is 0.706. The van der Waals surface area contributed by atoms with Crippen molar-refractivity contribution < 1.29 is 9.53 Å². The van der Waals surface area contributed by atoms with E-state index in [0.29, 0.717) is 38.7 Å². The van der Waals surface area contributed by atoms with E-state index in [2.05, 4.69) is 15.9 Å². The molecule has 0 N–H and O–H groups in total. The smallest absolute Gasteiger partial charge is 0.153 e. The van der Waals surface area contributed by atoms with Gasteiger partial charge in [0.1, 0.15) is 12.4 Å². The summed E-state index contributed by atoms with van der Waals surface area (Å²) in [7, 11) is 0. The standard InChI is InChI=1S/C14H9BrCl2O2/c15-13-6-12(17)5-10(7-18)14(13)19-8-9-1-3-11(16)4-2-9/h1-7H,8H2. The van der Waals surface area contributed by atoms with Crippen molar-refractivity contribution >= 4 is 45.4 Å². The molecule has 0 aliphatic heterocycles. The van der Waals surface area contributed by atoms with E-state index >= 15 is 0 Å². The van der Waals surface area contributed by atoms with Gasteiger partial charge in [0.05, 0.1) is 10.0 Å². The molecule has 2 aromatic rings. The number of hydrogen-bond acceptors (Lipinski definition) is 2. The zero-order valence-corrected chi connectivity index (χ0v) is 12.8. The molecule has 0 aromatic heterocycles. The van der Waals surface area contributed by atoms with Crippen molar-refractivity contribution in [2.24, 2.45) is 0 Å². The summed E-state index contributed by atoms with van der Waals surface area (Å²) in [6.07, 6.45) is 0.716. The van der Waals surface area contributed by atoms with Gasteiger partial charge >= 0.3 is 0 Å². The normalized spacial score (nSPS) is 10.3. The minimum absolute atomic E-state index is 0.345. The lowest BCUT2D eigenvalue weighted by Crippen LogP contribution is -1.99. The van der Waals surface area contributed by atoms with E-state index in [4.69, 9.17) is 27.9 Å². The molecule has 2 nitrogen and oxygen atoms in total. The van der Waals surface area contributed by atoms with Crippen molar-refractivity contribution in [2.75, 3.05) is 0 Å². The van der Waals surface area contributed by atoms with E-state index < -0.39 is 0 Å². The van der Waals surface area contributed by atoms with Gasteiger partial charge in [-0.25, -0.2) is 0 Å². The summed E-state index contributed by atoms with van der Waals surface area (Å²) in [5.41, 5.74) is 1.37.